The molecular formula is C35H56ClN3O3. The number of benzene rings is 1. The largest absolute Gasteiger partial charge is 0.383 e. The third-order valence-corrected chi connectivity index (χ3v) is 9.41. The van der Waals surface area contributed by atoms with Crippen molar-refractivity contribution in [3.05, 3.63) is 35.5 Å². The van der Waals surface area contributed by atoms with Crippen LogP contribution in [0.4, 0.5) is 5.69 Å². The number of nitrogens with zero attached hydrogens (tertiary/aromatic N) is 1. The number of aromatic nitrogens is 1. The van der Waals surface area contributed by atoms with E-state index in [0.717, 1.165) is 65.9 Å². The molecule has 0 spiro atoms. The lowest BCUT2D eigenvalue weighted by molar-refractivity contribution is -0.384. The number of hydrogen-bond acceptors (Lipinski definition) is 5. The van der Waals surface area contributed by atoms with Crippen LogP contribution in [0.15, 0.2) is 30.5 Å². The number of halogens is 1. The highest BCUT2D eigenvalue weighted by atomic mass is 35.5. The van der Waals surface area contributed by atoms with Gasteiger partial charge in [-0.05, 0) is 112 Å². The van der Waals surface area contributed by atoms with Crippen LogP contribution in [0.2, 0.25) is 5.02 Å². The Kier molecular flexibility index (Phi) is 14.9. The van der Waals surface area contributed by atoms with Crippen molar-refractivity contribution >= 4 is 34.1 Å². The molecule has 1 aromatic carbocycles. The number of pyridine rings is 1. The molecule has 1 heterocycles. The highest BCUT2D eigenvalue weighted by Gasteiger charge is 2.49. The summed E-state index contributed by atoms with van der Waals surface area (Å²) in [5.74, 6) is 3.95. The Morgan fingerprint density at radius 3 is 2.14 bits per heavy atom. The Balaban J connectivity index is 0.000000760. The van der Waals surface area contributed by atoms with Crippen molar-refractivity contribution in [3.8, 4) is 0 Å². The predicted octanol–water partition coefficient (Wildman–Crippen LogP) is 9.22. The molecule has 5 aliphatic carbocycles. The minimum Gasteiger partial charge on any atom is -0.383 e. The first-order chi connectivity index (χ1) is 20.6. The van der Waals surface area contributed by atoms with Crippen LogP contribution in [0.25, 0.3) is 10.9 Å². The minimum absolute atomic E-state index is 0.136. The average molecular weight is 602 g/mol. The van der Waals surface area contributed by atoms with E-state index in [9.17, 15) is 4.79 Å². The van der Waals surface area contributed by atoms with E-state index < -0.39 is 0 Å². The fourth-order valence-corrected chi connectivity index (χ4v) is 7.78. The van der Waals surface area contributed by atoms with E-state index in [1.54, 1.807) is 6.20 Å². The Morgan fingerprint density at radius 2 is 1.50 bits per heavy atom. The lowest BCUT2D eigenvalue weighted by Crippen LogP contribution is -2.49. The molecule has 0 saturated heterocycles. The van der Waals surface area contributed by atoms with E-state index in [2.05, 4.69) is 15.6 Å². The van der Waals surface area contributed by atoms with Crippen molar-refractivity contribution in [2.24, 2.45) is 29.6 Å². The molecule has 7 heteroatoms. The molecule has 2 N–H and O–H groups in total. The molecule has 7 rings (SSSR count). The van der Waals surface area contributed by atoms with Gasteiger partial charge in [0, 0.05) is 41.8 Å². The third kappa shape index (κ3) is 9.30. The topological polar surface area (TPSA) is 72.5 Å². The van der Waals surface area contributed by atoms with E-state index in [1.807, 2.05) is 65.8 Å². The Bertz CT molecular complexity index is 1040. The smallest absolute Gasteiger partial charge is 0.220 e. The maximum atomic E-state index is 12.5. The summed E-state index contributed by atoms with van der Waals surface area (Å²) in [4.78, 5) is 29.0. The number of carbonyl (C=O) groups is 1. The summed E-state index contributed by atoms with van der Waals surface area (Å²) in [6, 6.07) is 7.65. The number of fused-ring (bicyclic) bond motifs is 1. The normalized spacial score (nSPS) is 28.8. The zero-order chi connectivity index (χ0) is 30.5. The van der Waals surface area contributed by atoms with Crippen molar-refractivity contribution < 1.29 is 14.6 Å². The summed E-state index contributed by atoms with van der Waals surface area (Å²) in [6.07, 6.45) is 13.8. The van der Waals surface area contributed by atoms with Gasteiger partial charge in [-0.3, -0.25) is 9.78 Å². The van der Waals surface area contributed by atoms with Crippen molar-refractivity contribution in [1.29, 1.82) is 0 Å². The van der Waals surface area contributed by atoms with Crippen LogP contribution in [-0.4, -0.2) is 36.2 Å². The number of carbonyl (C=O) groups excluding carboxylic acids is 1. The molecule has 0 atom stereocenters. The standard InChI is InChI=1S/C29H38ClN3O3.3C2H6/c30-23-3-6-25-26(7-8-31-27(25)17-23)32-9-10-33-28(34)16-18-1-4-24(5-2-18)35-36-29-21-12-19-11-20(14-21)15-22(29)13-19;3*1-2/h3,6-8,17-22,24,29H,1-2,4-5,9-16H2,(H,31,32)(H,33,34);3*1-2H3. The van der Waals surface area contributed by atoms with Crippen molar-refractivity contribution in [2.75, 3.05) is 18.4 Å². The summed E-state index contributed by atoms with van der Waals surface area (Å²) < 4.78 is 0. The Morgan fingerprint density at radius 1 is 0.857 bits per heavy atom. The number of rotatable bonds is 9. The quantitative estimate of drug-likeness (QED) is 0.170. The lowest BCUT2D eigenvalue weighted by Gasteiger charge is -2.53. The SMILES string of the molecule is CC.CC.CC.O=C(CC1CCC(OOC2C3CC4CC(C3)CC2C4)CC1)NCCNc1ccnc2cc(Cl)ccc12. The molecule has 236 valence electrons. The van der Waals surface area contributed by atoms with Gasteiger partial charge in [-0.2, -0.15) is 0 Å². The van der Waals surface area contributed by atoms with Crippen LogP contribution in [0.5, 0.6) is 0 Å². The van der Waals surface area contributed by atoms with Crippen molar-refractivity contribution in [2.45, 2.75) is 118 Å². The van der Waals surface area contributed by atoms with Gasteiger partial charge in [-0.15, -0.1) is 0 Å². The zero-order valence-electron chi connectivity index (χ0n) is 27.0. The van der Waals surface area contributed by atoms with Gasteiger partial charge < -0.3 is 10.6 Å². The molecule has 0 aliphatic heterocycles. The zero-order valence-corrected chi connectivity index (χ0v) is 27.7. The molecular weight excluding hydrogens is 546 g/mol. The van der Waals surface area contributed by atoms with Gasteiger partial charge in [0.1, 0.15) is 0 Å². The fraction of sp³-hybridized carbons (Fsp3) is 0.714. The molecule has 5 saturated carbocycles. The van der Waals surface area contributed by atoms with Crippen LogP contribution in [-0.2, 0) is 14.6 Å². The predicted molar refractivity (Wildman–Crippen MR) is 176 cm³/mol. The van der Waals surface area contributed by atoms with Crippen LogP contribution in [0, 0.1) is 29.6 Å². The van der Waals surface area contributed by atoms with E-state index in [0.29, 0.717) is 36.6 Å². The van der Waals surface area contributed by atoms with Crippen molar-refractivity contribution in [1.82, 2.24) is 10.3 Å². The summed E-state index contributed by atoms with van der Waals surface area (Å²) in [5, 5.41) is 8.18. The summed E-state index contributed by atoms with van der Waals surface area (Å²) in [7, 11) is 0. The van der Waals surface area contributed by atoms with Gasteiger partial charge >= 0.3 is 0 Å². The first kappa shape index (κ1) is 34.6. The molecule has 6 nitrogen and oxygen atoms in total. The molecule has 42 heavy (non-hydrogen) atoms. The number of anilines is 1. The van der Waals surface area contributed by atoms with Gasteiger partial charge in [0.2, 0.25) is 5.91 Å². The average Bonchev–Trinajstić information content (AvgIpc) is 3.02. The second kappa shape index (κ2) is 18.0. The van der Waals surface area contributed by atoms with E-state index in [4.69, 9.17) is 21.4 Å². The van der Waals surface area contributed by atoms with E-state index in [-0.39, 0.29) is 12.0 Å². The molecule has 5 aliphatic rings. The van der Waals surface area contributed by atoms with Gasteiger partial charge in [-0.1, -0.05) is 53.1 Å². The van der Waals surface area contributed by atoms with E-state index >= 15 is 0 Å². The first-order valence-electron chi connectivity index (χ1n) is 17.0. The second-order valence-corrected chi connectivity index (χ2v) is 12.2. The Labute approximate surface area is 260 Å². The van der Waals surface area contributed by atoms with Gasteiger partial charge in [0.25, 0.3) is 0 Å². The minimum atomic E-state index is 0.136. The number of amides is 1. The Hall–Kier alpha value is -1.89. The summed E-state index contributed by atoms with van der Waals surface area (Å²) in [6.45, 7) is 13.3. The van der Waals surface area contributed by atoms with Crippen LogP contribution >= 0.6 is 11.6 Å². The molecule has 5 fully saturated rings. The third-order valence-electron chi connectivity index (χ3n) is 9.18. The highest BCUT2D eigenvalue weighted by Crippen LogP contribution is 2.54. The monoisotopic (exact) mass is 601 g/mol. The molecule has 0 radical (unpaired) electrons. The van der Waals surface area contributed by atoms with Crippen molar-refractivity contribution in [3.63, 3.8) is 0 Å². The van der Waals surface area contributed by atoms with Gasteiger partial charge in [-0.25, -0.2) is 9.78 Å². The maximum Gasteiger partial charge on any atom is 0.220 e. The van der Waals surface area contributed by atoms with Gasteiger partial charge in [0.05, 0.1) is 17.7 Å². The summed E-state index contributed by atoms with van der Waals surface area (Å²) in [5.41, 5.74) is 1.86. The first-order valence-corrected chi connectivity index (χ1v) is 17.4. The molecule has 1 amide bonds. The molecule has 4 bridgehead atoms. The van der Waals surface area contributed by atoms with Crippen LogP contribution < -0.4 is 10.6 Å². The van der Waals surface area contributed by atoms with Gasteiger partial charge in [0.15, 0.2) is 0 Å². The second-order valence-electron chi connectivity index (χ2n) is 11.7. The maximum absolute atomic E-state index is 12.5. The summed E-state index contributed by atoms with van der Waals surface area (Å²) >= 11 is 6.07. The highest BCUT2D eigenvalue weighted by molar-refractivity contribution is 6.31. The molecule has 1 aromatic heterocycles. The molecule has 0 unspecified atom stereocenters. The number of nitrogens with one attached hydrogen (secondary N) is 2. The van der Waals surface area contributed by atoms with Crippen LogP contribution in [0.1, 0.15) is 106 Å². The lowest BCUT2D eigenvalue weighted by atomic mass is 9.55. The van der Waals surface area contributed by atoms with E-state index in [1.165, 1.54) is 32.1 Å². The van der Waals surface area contributed by atoms with Crippen LogP contribution in [0.3, 0.4) is 0 Å². The number of hydrogen-bond donors (Lipinski definition) is 2. The molecule has 2 aromatic rings. The fourth-order valence-electron chi connectivity index (χ4n) is 7.62.